The number of imidazole rings is 1. The second-order valence-electron chi connectivity index (χ2n) is 3.95. The first kappa shape index (κ1) is 13.6. The van der Waals surface area contributed by atoms with Gasteiger partial charge in [-0.1, -0.05) is 12.1 Å². The number of nitrogens with zero attached hydrogens (tertiary/aromatic N) is 1. The van der Waals surface area contributed by atoms with Crippen LogP contribution in [0.4, 0.5) is 0 Å². The zero-order chi connectivity index (χ0) is 14.7. The van der Waals surface area contributed by atoms with E-state index in [2.05, 4.69) is 9.97 Å². The molecule has 20 heavy (non-hydrogen) atoms. The number of rotatable bonds is 4. The third-order valence-corrected chi connectivity index (χ3v) is 2.57. The maximum absolute atomic E-state index is 11.6. The average Bonchev–Trinajstić information content (AvgIpc) is 2.81. The molecule has 2 rings (SSSR count). The fourth-order valence-corrected chi connectivity index (χ4v) is 1.68. The molecule has 0 bridgehead atoms. The summed E-state index contributed by atoms with van der Waals surface area (Å²) in [5, 5.41) is 9.52. The Balaban J connectivity index is 2.38. The lowest BCUT2D eigenvalue weighted by atomic mass is 10.1. The van der Waals surface area contributed by atoms with Crippen molar-refractivity contribution < 1.29 is 19.4 Å². The zero-order valence-electron chi connectivity index (χ0n) is 10.7. The van der Waals surface area contributed by atoms with Crippen LogP contribution in [0.15, 0.2) is 24.3 Å². The van der Waals surface area contributed by atoms with Crippen LogP contribution >= 0.6 is 0 Å². The molecule has 0 aliphatic carbocycles. The SMILES string of the molecule is CCOC(=O)c1cccc(-c2nc(C(N)=O)c(O)[nH]2)c1. The van der Waals surface area contributed by atoms with Crippen LogP contribution in [0, 0.1) is 0 Å². The van der Waals surface area contributed by atoms with Gasteiger partial charge in [-0.05, 0) is 19.1 Å². The van der Waals surface area contributed by atoms with Crippen molar-refractivity contribution in [1.29, 1.82) is 0 Å². The van der Waals surface area contributed by atoms with Gasteiger partial charge < -0.3 is 20.6 Å². The number of nitrogens with one attached hydrogen (secondary N) is 1. The number of H-pyrrole nitrogens is 1. The number of primary amides is 1. The summed E-state index contributed by atoms with van der Waals surface area (Å²) in [6, 6.07) is 6.46. The number of aromatic amines is 1. The van der Waals surface area contributed by atoms with Crippen molar-refractivity contribution in [2.75, 3.05) is 6.61 Å². The molecule has 0 fully saturated rings. The van der Waals surface area contributed by atoms with E-state index < -0.39 is 17.8 Å². The lowest BCUT2D eigenvalue weighted by molar-refractivity contribution is 0.0526. The summed E-state index contributed by atoms with van der Waals surface area (Å²) >= 11 is 0. The van der Waals surface area contributed by atoms with Gasteiger partial charge in [0, 0.05) is 5.56 Å². The van der Waals surface area contributed by atoms with E-state index in [4.69, 9.17) is 10.5 Å². The fraction of sp³-hybridized carbons (Fsp3) is 0.154. The number of aromatic hydroxyl groups is 1. The molecule has 0 aliphatic heterocycles. The predicted octanol–water partition coefficient (Wildman–Crippen LogP) is 1.06. The standard InChI is InChI=1S/C13H13N3O4/c1-2-20-13(19)8-5-3-4-7(6-8)11-15-9(10(14)17)12(18)16-11/h3-6,18H,2H2,1H3,(H2,14,17)(H,15,16). The lowest BCUT2D eigenvalue weighted by Crippen LogP contribution is -2.11. The number of benzene rings is 1. The lowest BCUT2D eigenvalue weighted by Gasteiger charge is -2.03. The number of esters is 1. The maximum Gasteiger partial charge on any atom is 0.338 e. The van der Waals surface area contributed by atoms with Crippen molar-refractivity contribution in [2.45, 2.75) is 6.92 Å². The second kappa shape index (κ2) is 5.43. The van der Waals surface area contributed by atoms with Gasteiger partial charge in [-0.2, -0.15) is 0 Å². The number of nitrogens with two attached hydrogens (primary N) is 1. The van der Waals surface area contributed by atoms with Crippen LogP contribution in [-0.2, 0) is 4.74 Å². The van der Waals surface area contributed by atoms with Crippen LogP contribution in [0.1, 0.15) is 27.8 Å². The fourth-order valence-electron chi connectivity index (χ4n) is 1.68. The molecule has 0 unspecified atom stereocenters. The molecule has 7 heteroatoms. The topological polar surface area (TPSA) is 118 Å². The average molecular weight is 275 g/mol. The summed E-state index contributed by atoms with van der Waals surface area (Å²) in [7, 11) is 0. The molecular weight excluding hydrogens is 262 g/mol. The summed E-state index contributed by atoms with van der Waals surface area (Å²) in [6.07, 6.45) is 0. The van der Waals surface area contributed by atoms with Crippen molar-refractivity contribution >= 4 is 11.9 Å². The number of amides is 1. The van der Waals surface area contributed by atoms with Gasteiger partial charge in [0.15, 0.2) is 5.69 Å². The first-order valence-corrected chi connectivity index (χ1v) is 5.89. The van der Waals surface area contributed by atoms with E-state index >= 15 is 0 Å². The summed E-state index contributed by atoms with van der Waals surface area (Å²) in [5.74, 6) is -1.47. The molecule has 1 aromatic heterocycles. The molecule has 4 N–H and O–H groups in total. The van der Waals surface area contributed by atoms with Gasteiger partial charge in [0.05, 0.1) is 12.2 Å². The Bertz CT molecular complexity index is 663. The van der Waals surface area contributed by atoms with Gasteiger partial charge in [0.25, 0.3) is 5.91 Å². The minimum atomic E-state index is -0.841. The molecule has 1 heterocycles. The Morgan fingerprint density at radius 3 is 2.80 bits per heavy atom. The first-order chi connectivity index (χ1) is 9.52. The highest BCUT2D eigenvalue weighted by atomic mass is 16.5. The minimum Gasteiger partial charge on any atom is -0.493 e. The quantitative estimate of drug-likeness (QED) is 0.721. The number of ether oxygens (including phenoxy) is 1. The smallest absolute Gasteiger partial charge is 0.338 e. The van der Waals surface area contributed by atoms with Gasteiger partial charge >= 0.3 is 5.97 Å². The normalized spacial score (nSPS) is 10.2. The molecule has 0 saturated carbocycles. The van der Waals surface area contributed by atoms with E-state index in [0.29, 0.717) is 11.1 Å². The third-order valence-electron chi connectivity index (χ3n) is 2.57. The highest BCUT2D eigenvalue weighted by molar-refractivity contribution is 5.94. The third kappa shape index (κ3) is 2.61. The molecule has 0 spiro atoms. The van der Waals surface area contributed by atoms with Crippen molar-refractivity contribution in [3.63, 3.8) is 0 Å². The van der Waals surface area contributed by atoms with Gasteiger partial charge in [-0.15, -0.1) is 0 Å². The maximum atomic E-state index is 11.6. The highest BCUT2D eigenvalue weighted by Gasteiger charge is 2.16. The molecular formula is C13H13N3O4. The number of carbonyl (C=O) groups excluding carboxylic acids is 2. The largest absolute Gasteiger partial charge is 0.493 e. The van der Waals surface area contributed by atoms with E-state index in [1.807, 2.05) is 0 Å². The monoisotopic (exact) mass is 275 g/mol. The van der Waals surface area contributed by atoms with Gasteiger partial charge in [0.1, 0.15) is 5.82 Å². The van der Waals surface area contributed by atoms with Gasteiger partial charge in [0.2, 0.25) is 5.88 Å². The van der Waals surface area contributed by atoms with Crippen LogP contribution in [0.25, 0.3) is 11.4 Å². The Hall–Kier alpha value is -2.83. The number of hydrogen-bond acceptors (Lipinski definition) is 5. The molecule has 0 saturated heterocycles. The number of carbonyl (C=O) groups is 2. The van der Waals surface area contributed by atoms with Crippen LogP contribution in [0.2, 0.25) is 0 Å². The Kier molecular flexibility index (Phi) is 3.69. The molecule has 1 amide bonds. The summed E-state index contributed by atoms with van der Waals surface area (Å²) in [5.41, 5.74) is 5.69. The molecule has 2 aromatic rings. The summed E-state index contributed by atoms with van der Waals surface area (Å²) < 4.78 is 4.89. The van der Waals surface area contributed by atoms with Gasteiger partial charge in [-0.25, -0.2) is 9.78 Å². The molecule has 0 atom stereocenters. The zero-order valence-corrected chi connectivity index (χ0v) is 10.7. The van der Waals surface area contributed by atoms with Gasteiger partial charge in [-0.3, -0.25) is 4.79 Å². The number of hydrogen-bond donors (Lipinski definition) is 3. The van der Waals surface area contributed by atoms with E-state index in [-0.39, 0.29) is 18.1 Å². The minimum absolute atomic E-state index is 0.238. The van der Waals surface area contributed by atoms with Crippen molar-refractivity contribution in [3.8, 4) is 17.3 Å². The van der Waals surface area contributed by atoms with E-state index in [1.165, 1.54) is 0 Å². The van der Waals surface area contributed by atoms with E-state index in [9.17, 15) is 14.7 Å². The second-order valence-corrected chi connectivity index (χ2v) is 3.95. The Morgan fingerprint density at radius 1 is 1.45 bits per heavy atom. The Morgan fingerprint density at radius 2 is 2.20 bits per heavy atom. The van der Waals surface area contributed by atoms with E-state index in [1.54, 1.807) is 31.2 Å². The van der Waals surface area contributed by atoms with Crippen molar-refractivity contribution in [3.05, 3.63) is 35.5 Å². The van der Waals surface area contributed by atoms with E-state index in [0.717, 1.165) is 0 Å². The molecule has 1 aromatic carbocycles. The molecule has 0 aliphatic rings. The molecule has 104 valence electrons. The summed E-state index contributed by atoms with van der Waals surface area (Å²) in [4.78, 5) is 29.1. The highest BCUT2D eigenvalue weighted by Crippen LogP contribution is 2.22. The number of aromatic nitrogens is 2. The van der Waals surface area contributed by atoms with Crippen LogP contribution in [0.5, 0.6) is 5.88 Å². The van der Waals surface area contributed by atoms with Crippen LogP contribution < -0.4 is 5.73 Å². The summed E-state index contributed by atoms with van der Waals surface area (Å²) in [6.45, 7) is 1.99. The van der Waals surface area contributed by atoms with Crippen molar-refractivity contribution in [2.24, 2.45) is 5.73 Å². The Labute approximate surface area is 114 Å². The predicted molar refractivity (Wildman–Crippen MR) is 70.2 cm³/mol. The van der Waals surface area contributed by atoms with Crippen molar-refractivity contribution in [1.82, 2.24) is 9.97 Å². The first-order valence-electron chi connectivity index (χ1n) is 5.89. The molecule has 7 nitrogen and oxygen atoms in total. The van der Waals surface area contributed by atoms with Crippen LogP contribution in [-0.4, -0.2) is 33.6 Å². The molecule has 0 radical (unpaired) electrons. The van der Waals surface area contributed by atoms with Crippen LogP contribution in [0.3, 0.4) is 0 Å².